The highest BCUT2D eigenvalue weighted by atomic mass is 32.2. The zero-order valence-corrected chi connectivity index (χ0v) is 15.5. The fourth-order valence-corrected chi connectivity index (χ4v) is 3.29. The Kier molecular flexibility index (Phi) is 6.30. The molecule has 0 unspecified atom stereocenters. The molecule has 0 aliphatic carbocycles. The van der Waals surface area contributed by atoms with Crippen LogP contribution in [0, 0.1) is 18.3 Å². The number of benzene rings is 2. The van der Waals surface area contributed by atoms with Gasteiger partial charge in [0, 0.05) is 18.8 Å². The Bertz CT molecular complexity index is 1010. The molecule has 28 heavy (non-hydrogen) atoms. The highest BCUT2D eigenvalue weighted by Crippen LogP contribution is 2.32. The van der Waals surface area contributed by atoms with Crippen LogP contribution < -0.4 is 10.6 Å². The van der Waals surface area contributed by atoms with Gasteiger partial charge in [-0.2, -0.15) is 18.4 Å². The van der Waals surface area contributed by atoms with Crippen LogP contribution in [0.5, 0.6) is 0 Å². The van der Waals surface area contributed by atoms with Gasteiger partial charge in [0.25, 0.3) is 9.84 Å². The van der Waals surface area contributed by atoms with Gasteiger partial charge < -0.3 is 10.6 Å². The summed E-state index contributed by atoms with van der Waals surface area (Å²) < 4.78 is 62.6. The number of alkyl halides is 3. The van der Waals surface area contributed by atoms with Crippen molar-refractivity contribution in [2.75, 3.05) is 18.4 Å². The van der Waals surface area contributed by atoms with E-state index in [1.807, 2.05) is 0 Å². The molecule has 0 heterocycles. The van der Waals surface area contributed by atoms with Crippen molar-refractivity contribution in [2.24, 2.45) is 0 Å². The SMILES string of the molecule is Cc1ccc(S(=O)(=O)C(=O)NCCNc2ccc(C(F)(F)F)c(C#N)c2)cc1. The molecule has 2 N–H and O–H groups in total. The van der Waals surface area contributed by atoms with E-state index in [1.54, 1.807) is 19.1 Å². The van der Waals surface area contributed by atoms with E-state index in [-0.39, 0.29) is 23.7 Å². The van der Waals surface area contributed by atoms with Crippen molar-refractivity contribution >= 4 is 20.8 Å². The van der Waals surface area contributed by atoms with Crippen LogP contribution in [0.25, 0.3) is 0 Å². The van der Waals surface area contributed by atoms with Gasteiger partial charge in [-0.15, -0.1) is 0 Å². The van der Waals surface area contributed by atoms with Crippen molar-refractivity contribution in [3.8, 4) is 6.07 Å². The maximum Gasteiger partial charge on any atom is 0.417 e. The Hall–Kier alpha value is -3.06. The first kappa shape index (κ1) is 21.2. The third kappa shape index (κ3) is 5.01. The lowest BCUT2D eigenvalue weighted by molar-refractivity contribution is -0.137. The van der Waals surface area contributed by atoms with Gasteiger partial charge in [0.05, 0.1) is 22.1 Å². The van der Waals surface area contributed by atoms with Crippen LogP contribution in [0.4, 0.5) is 23.7 Å². The molecule has 1 amide bonds. The molecule has 2 aromatic carbocycles. The summed E-state index contributed by atoms with van der Waals surface area (Å²) in [5.41, 5.74) is -0.501. The summed E-state index contributed by atoms with van der Waals surface area (Å²) in [5.74, 6) is 0. The number of anilines is 1. The number of amides is 1. The second kappa shape index (κ2) is 8.31. The molecule has 0 saturated heterocycles. The third-order valence-electron chi connectivity index (χ3n) is 3.74. The van der Waals surface area contributed by atoms with Crippen LogP contribution in [-0.4, -0.2) is 26.7 Å². The smallest absolute Gasteiger partial charge is 0.383 e. The Labute approximate surface area is 159 Å². The first-order chi connectivity index (χ1) is 13.1. The second-order valence-corrected chi connectivity index (χ2v) is 7.68. The summed E-state index contributed by atoms with van der Waals surface area (Å²) in [6.45, 7) is 1.74. The largest absolute Gasteiger partial charge is 0.417 e. The number of nitrogens with zero attached hydrogens (tertiary/aromatic N) is 1. The Morgan fingerprint density at radius 3 is 2.32 bits per heavy atom. The number of carbonyl (C=O) groups is 1. The van der Waals surface area contributed by atoms with Crippen LogP contribution in [0.3, 0.4) is 0 Å². The number of nitrogens with one attached hydrogen (secondary N) is 2. The predicted molar refractivity (Wildman–Crippen MR) is 96.4 cm³/mol. The van der Waals surface area contributed by atoms with Gasteiger partial charge in [-0.05, 0) is 37.3 Å². The molecular formula is C18H16F3N3O3S. The lowest BCUT2D eigenvalue weighted by Crippen LogP contribution is -2.33. The van der Waals surface area contributed by atoms with E-state index in [2.05, 4.69) is 10.6 Å². The Morgan fingerprint density at radius 2 is 1.75 bits per heavy atom. The van der Waals surface area contributed by atoms with Crippen molar-refractivity contribution in [3.05, 3.63) is 59.2 Å². The van der Waals surface area contributed by atoms with Crippen molar-refractivity contribution in [1.29, 1.82) is 5.26 Å². The number of hydrogen-bond acceptors (Lipinski definition) is 5. The Morgan fingerprint density at radius 1 is 1.11 bits per heavy atom. The molecule has 0 saturated carbocycles. The van der Waals surface area contributed by atoms with Crippen molar-refractivity contribution in [1.82, 2.24) is 5.32 Å². The molecule has 0 aliphatic rings. The van der Waals surface area contributed by atoms with E-state index >= 15 is 0 Å². The molecule has 6 nitrogen and oxygen atoms in total. The van der Waals surface area contributed by atoms with E-state index in [0.717, 1.165) is 23.8 Å². The first-order valence-corrected chi connectivity index (χ1v) is 9.49. The number of hydrogen-bond donors (Lipinski definition) is 2. The molecule has 0 bridgehead atoms. The molecule has 0 spiro atoms. The van der Waals surface area contributed by atoms with Crippen LogP contribution in [0.2, 0.25) is 0 Å². The monoisotopic (exact) mass is 411 g/mol. The average molecular weight is 411 g/mol. The minimum Gasteiger partial charge on any atom is -0.383 e. The maximum atomic E-state index is 12.8. The van der Waals surface area contributed by atoms with Crippen LogP contribution in [0.1, 0.15) is 16.7 Å². The van der Waals surface area contributed by atoms with Gasteiger partial charge in [-0.1, -0.05) is 17.7 Å². The predicted octanol–water partition coefficient (Wildman–Crippen LogP) is 3.48. The van der Waals surface area contributed by atoms with Crippen molar-refractivity contribution in [2.45, 2.75) is 18.0 Å². The van der Waals surface area contributed by atoms with Crippen LogP contribution in [-0.2, 0) is 16.0 Å². The highest BCUT2D eigenvalue weighted by Gasteiger charge is 2.33. The van der Waals surface area contributed by atoms with Crippen molar-refractivity contribution < 1.29 is 26.4 Å². The van der Waals surface area contributed by atoms with Crippen LogP contribution in [0.15, 0.2) is 47.4 Å². The second-order valence-electron chi connectivity index (χ2n) is 5.83. The van der Waals surface area contributed by atoms with Gasteiger partial charge in [-0.25, -0.2) is 8.42 Å². The number of nitriles is 1. The summed E-state index contributed by atoms with van der Waals surface area (Å²) in [6, 6.07) is 10.2. The van der Waals surface area contributed by atoms with Gasteiger partial charge in [-0.3, -0.25) is 4.79 Å². The van der Waals surface area contributed by atoms with Crippen molar-refractivity contribution in [3.63, 3.8) is 0 Å². The minimum atomic E-state index is -4.64. The zero-order valence-electron chi connectivity index (χ0n) is 14.7. The first-order valence-electron chi connectivity index (χ1n) is 8.00. The molecule has 148 valence electrons. The number of carbonyl (C=O) groups excluding carboxylic acids is 1. The highest BCUT2D eigenvalue weighted by molar-refractivity contribution is 8.06. The molecule has 0 aliphatic heterocycles. The fraction of sp³-hybridized carbons (Fsp3) is 0.222. The molecule has 0 radical (unpaired) electrons. The molecule has 10 heteroatoms. The van der Waals surface area contributed by atoms with E-state index in [1.165, 1.54) is 18.2 Å². The minimum absolute atomic E-state index is 0.0470. The van der Waals surface area contributed by atoms with Crippen LogP contribution >= 0.6 is 0 Å². The summed E-state index contributed by atoms with van der Waals surface area (Å²) >= 11 is 0. The average Bonchev–Trinajstić information content (AvgIpc) is 2.64. The standard InChI is InChI=1S/C18H16F3N3O3S/c1-12-2-5-15(6-3-12)28(26,27)17(25)24-9-8-23-14-4-7-16(18(19,20)21)13(10-14)11-22/h2-7,10,23H,8-9H2,1H3,(H,24,25). The molecule has 2 aromatic rings. The maximum absolute atomic E-state index is 12.8. The number of aryl methyl sites for hydroxylation is 1. The topological polar surface area (TPSA) is 99.1 Å². The van der Waals surface area contributed by atoms with E-state index in [9.17, 15) is 26.4 Å². The molecule has 0 atom stereocenters. The van der Waals surface area contributed by atoms with Gasteiger partial charge >= 0.3 is 11.4 Å². The van der Waals surface area contributed by atoms with E-state index < -0.39 is 32.4 Å². The number of sulfone groups is 1. The van der Waals surface area contributed by atoms with Gasteiger partial charge in [0.2, 0.25) is 0 Å². The summed E-state index contributed by atoms with van der Waals surface area (Å²) in [5, 5.41) is 12.6. The lowest BCUT2D eigenvalue weighted by Gasteiger charge is -2.12. The summed E-state index contributed by atoms with van der Waals surface area (Å²) in [4.78, 5) is 11.8. The number of halogens is 3. The lowest BCUT2D eigenvalue weighted by atomic mass is 10.1. The molecular weight excluding hydrogens is 395 g/mol. The quantitative estimate of drug-likeness (QED) is 0.734. The van der Waals surface area contributed by atoms with E-state index in [0.29, 0.717) is 0 Å². The molecule has 0 fully saturated rings. The normalized spacial score (nSPS) is 11.5. The zero-order chi connectivity index (χ0) is 20.9. The summed E-state index contributed by atoms with van der Waals surface area (Å²) in [6.07, 6.45) is -4.64. The number of rotatable bonds is 5. The van der Waals surface area contributed by atoms with Gasteiger partial charge in [0.15, 0.2) is 0 Å². The third-order valence-corrected chi connectivity index (χ3v) is 5.27. The van der Waals surface area contributed by atoms with E-state index in [4.69, 9.17) is 5.26 Å². The molecule has 0 aromatic heterocycles. The Balaban J connectivity index is 1.95. The fourth-order valence-electron chi connectivity index (χ4n) is 2.28. The summed E-state index contributed by atoms with van der Waals surface area (Å²) in [7, 11) is -4.18. The molecule has 2 rings (SSSR count). The van der Waals surface area contributed by atoms with Gasteiger partial charge in [0.1, 0.15) is 0 Å².